The molecule has 5 heteroatoms. The van der Waals surface area contributed by atoms with Gasteiger partial charge >= 0.3 is 0 Å². The molecule has 0 aliphatic heterocycles. The van der Waals surface area contributed by atoms with Crippen LogP contribution >= 0.6 is 11.6 Å². The van der Waals surface area contributed by atoms with Gasteiger partial charge < -0.3 is 15.4 Å². The molecule has 0 aromatic heterocycles. The van der Waals surface area contributed by atoms with Gasteiger partial charge in [-0.05, 0) is 18.2 Å². The molecule has 1 amide bonds. The Kier molecular flexibility index (Phi) is 4.58. The molecule has 1 aromatic rings. The van der Waals surface area contributed by atoms with Gasteiger partial charge in [0.25, 0.3) is 5.91 Å². The van der Waals surface area contributed by atoms with Crippen LogP contribution in [-0.2, 0) is 0 Å². The number of hydrogen-bond donors (Lipinski definition) is 1. The van der Waals surface area contributed by atoms with E-state index in [4.69, 9.17) is 22.1 Å². The van der Waals surface area contributed by atoms with Crippen molar-refractivity contribution in [3.05, 3.63) is 28.8 Å². The first-order chi connectivity index (χ1) is 7.56. The molecule has 1 aromatic carbocycles. The zero-order chi connectivity index (χ0) is 12.1. The van der Waals surface area contributed by atoms with Gasteiger partial charge in [0.2, 0.25) is 0 Å². The van der Waals surface area contributed by atoms with Gasteiger partial charge in [-0.3, -0.25) is 4.79 Å². The Morgan fingerprint density at radius 1 is 1.50 bits per heavy atom. The molecule has 0 radical (unpaired) electrons. The molecule has 0 fully saturated rings. The number of carbonyl (C=O) groups is 1. The lowest BCUT2D eigenvalue weighted by molar-refractivity contribution is 0.0827. The van der Waals surface area contributed by atoms with Crippen LogP contribution in [0.15, 0.2) is 18.2 Å². The van der Waals surface area contributed by atoms with E-state index in [-0.39, 0.29) is 5.91 Å². The first-order valence-electron chi connectivity index (χ1n) is 4.90. The van der Waals surface area contributed by atoms with Crippen molar-refractivity contribution in [1.82, 2.24) is 4.90 Å². The predicted molar refractivity (Wildman–Crippen MR) is 64.0 cm³/mol. The third-order valence-electron chi connectivity index (χ3n) is 1.96. The highest BCUT2D eigenvalue weighted by Gasteiger charge is 2.10. The molecular formula is C11H15ClN2O2. The second kappa shape index (κ2) is 5.72. The van der Waals surface area contributed by atoms with Crippen molar-refractivity contribution >= 4 is 17.5 Å². The fraction of sp³-hybridized carbons (Fsp3) is 0.364. The molecule has 1 rings (SSSR count). The average molecular weight is 243 g/mol. The highest BCUT2D eigenvalue weighted by atomic mass is 35.5. The van der Waals surface area contributed by atoms with Crippen LogP contribution in [0.5, 0.6) is 5.75 Å². The van der Waals surface area contributed by atoms with Crippen LogP contribution in [0.2, 0.25) is 5.02 Å². The Balaban J connectivity index is 2.86. The van der Waals surface area contributed by atoms with Crippen LogP contribution < -0.4 is 10.5 Å². The van der Waals surface area contributed by atoms with E-state index in [2.05, 4.69) is 0 Å². The van der Waals surface area contributed by atoms with Crippen molar-refractivity contribution in [1.29, 1.82) is 0 Å². The van der Waals surface area contributed by atoms with Crippen LogP contribution in [-0.4, -0.2) is 38.1 Å². The summed E-state index contributed by atoms with van der Waals surface area (Å²) in [7, 11) is 3.38. The van der Waals surface area contributed by atoms with E-state index >= 15 is 0 Å². The van der Waals surface area contributed by atoms with Crippen molar-refractivity contribution in [3.63, 3.8) is 0 Å². The number of amides is 1. The Hall–Kier alpha value is -1.26. The van der Waals surface area contributed by atoms with Crippen molar-refractivity contribution < 1.29 is 9.53 Å². The molecule has 0 heterocycles. The number of carbonyl (C=O) groups excluding carboxylic acids is 1. The number of benzene rings is 1. The van der Waals surface area contributed by atoms with Crippen LogP contribution in [0.4, 0.5) is 0 Å². The first-order valence-corrected chi connectivity index (χ1v) is 5.28. The standard InChI is InChI=1S/C11H15ClN2O2/c1-14(2)11(15)8-3-4-10(9(12)7-8)16-6-5-13/h3-4,7H,5-6,13H2,1-2H3. The summed E-state index contributed by atoms with van der Waals surface area (Å²) in [5.41, 5.74) is 5.85. The van der Waals surface area contributed by atoms with Crippen molar-refractivity contribution in [2.45, 2.75) is 0 Å². The monoisotopic (exact) mass is 242 g/mol. The molecule has 0 aliphatic carbocycles. The van der Waals surface area contributed by atoms with E-state index in [0.29, 0.717) is 29.5 Å². The Bertz CT molecular complexity index is 380. The van der Waals surface area contributed by atoms with Crippen LogP contribution in [0, 0.1) is 0 Å². The first kappa shape index (κ1) is 12.8. The molecule has 0 aliphatic rings. The molecule has 2 N–H and O–H groups in total. The van der Waals surface area contributed by atoms with Crippen molar-refractivity contribution in [3.8, 4) is 5.75 Å². The summed E-state index contributed by atoms with van der Waals surface area (Å²) in [5, 5.41) is 0.418. The smallest absolute Gasteiger partial charge is 0.253 e. The summed E-state index contributed by atoms with van der Waals surface area (Å²) in [6.07, 6.45) is 0. The highest BCUT2D eigenvalue weighted by Crippen LogP contribution is 2.25. The number of hydrogen-bond acceptors (Lipinski definition) is 3. The van der Waals surface area contributed by atoms with E-state index in [1.165, 1.54) is 4.90 Å². The van der Waals surface area contributed by atoms with Gasteiger partial charge in [0.15, 0.2) is 0 Å². The van der Waals surface area contributed by atoms with Gasteiger partial charge in [0.1, 0.15) is 12.4 Å². The summed E-state index contributed by atoms with van der Waals surface area (Å²) < 4.78 is 5.30. The number of ether oxygens (including phenoxy) is 1. The largest absolute Gasteiger partial charge is 0.491 e. The molecule has 88 valence electrons. The van der Waals surface area contributed by atoms with E-state index < -0.39 is 0 Å². The van der Waals surface area contributed by atoms with Crippen molar-refractivity contribution in [2.24, 2.45) is 5.73 Å². The molecule has 0 saturated heterocycles. The maximum absolute atomic E-state index is 11.6. The quantitative estimate of drug-likeness (QED) is 0.868. The minimum absolute atomic E-state index is 0.0905. The lowest BCUT2D eigenvalue weighted by Gasteiger charge is -2.12. The van der Waals surface area contributed by atoms with Crippen LogP contribution in [0.25, 0.3) is 0 Å². The van der Waals surface area contributed by atoms with Gasteiger partial charge in [-0.15, -0.1) is 0 Å². The Labute approximate surface area is 99.9 Å². The maximum atomic E-state index is 11.6. The third kappa shape index (κ3) is 3.12. The third-order valence-corrected chi connectivity index (χ3v) is 2.26. The van der Waals surface area contributed by atoms with E-state index in [0.717, 1.165) is 0 Å². The average Bonchev–Trinajstić information content (AvgIpc) is 2.26. The number of nitrogens with two attached hydrogens (primary N) is 1. The molecule has 0 atom stereocenters. The molecule has 0 unspecified atom stereocenters. The minimum Gasteiger partial charge on any atom is -0.491 e. The number of halogens is 1. The summed E-state index contributed by atoms with van der Waals surface area (Å²) in [6.45, 7) is 0.829. The molecule has 4 nitrogen and oxygen atoms in total. The van der Waals surface area contributed by atoms with E-state index in [9.17, 15) is 4.79 Å². The van der Waals surface area contributed by atoms with E-state index in [1.54, 1.807) is 32.3 Å². The second-order valence-corrected chi connectivity index (χ2v) is 3.89. The predicted octanol–water partition coefficient (Wildman–Crippen LogP) is 1.38. The molecule has 0 spiro atoms. The summed E-state index contributed by atoms with van der Waals surface area (Å²) in [5.74, 6) is 0.453. The lowest BCUT2D eigenvalue weighted by Crippen LogP contribution is -2.21. The minimum atomic E-state index is -0.0905. The van der Waals surface area contributed by atoms with Gasteiger partial charge in [-0.1, -0.05) is 11.6 Å². The summed E-state index contributed by atoms with van der Waals surface area (Å²) in [4.78, 5) is 13.1. The fourth-order valence-electron chi connectivity index (χ4n) is 1.18. The normalized spacial score (nSPS) is 10.0. The topological polar surface area (TPSA) is 55.6 Å². The fourth-order valence-corrected chi connectivity index (χ4v) is 1.41. The highest BCUT2D eigenvalue weighted by molar-refractivity contribution is 6.32. The second-order valence-electron chi connectivity index (χ2n) is 3.48. The summed E-state index contributed by atoms with van der Waals surface area (Å²) in [6, 6.07) is 4.95. The number of rotatable bonds is 4. The molecule has 0 saturated carbocycles. The van der Waals surface area contributed by atoms with Gasteiger partial charge in [-0.2, -0.15) is 0 Å². The maximum Gasteiger partial charge on any atom is 0.253 e. The zero-order valence-electron chi connectivity index (χ0n) is 9.37. The van der Waals surface area contributed by atoms with Gasteiger partial charge in [0.05, 0.1) is 5.02 Å². The molecule has 16 heavy (non-hydrogen) atoms. The van der Waals surface area contributed by atoms with Gasteiger partial charge in [0, 0.05) is 26.2 Å². The molecular weight excluding hydrogens is 228 g/mol. The Morgan fingerprint density at radius 3 is 2.69 bits per heavy atom. The Morgan fingerprint density at radius 2 is 2.19 bits per heavy atom. The SMILES string of the molecule is CN(C)C(=O)c1ccc(OCCN)c(Cl)c1. The van der Waals surface area contributed by atoms with E-state index in [1.807, 2.05) is 0 Å². The lowest BCUT2D eigenvalue weighted by atomic mass is 10.2. The van der Waals surface area contributed by atoms with Gasteiger partial charge in [-0.25, -0.2) is 0 Å². The van der Waals surface area contributed by atoms with Crippen molar-refractivity contribution in [2.75, 3.05) is 27.2 Å². The van der Waals surface area contributed by atoms with Crippen LogP contribution in [0.3, 0.4) is 0 Å². The zero-order valence-corrected chi connectivity index (χ0v) is 10.1. The number of nitrogens with zero attached hydrogens (tertiary/aromatic N) is 1. The summed E-state index contributed by atoms with van der Waals surface area (Å²) >= 11 is 5.98. The molecule has 0 bridgehead atoms. The van der Waals surface area contributed by atoms with Crippen LogP contribution in [0.1, 0.15) is 10.4 Å².